The minimum atomic E-state index is 0.257. The van der Waals surface area contributed by atoms with E-state index in [1.807, 2.05) is 0 Å². The van der Waals surface area contributed by atoms with Crippen LogP contribution in [0.5, 0.6) is 5.75 Å². The number of nitrogens with one attached hydrogen (secondary N) is 1. The van der Waals surface area contributed by atoms with Gasteiger partial charge in [-0.1, -0.05) is 31.0 Å². The van der Waals surface area contributed by atoms with Crippen LogP contribution in [0, 0.1) is 6.92 Å². The van der Waals surface area contributed by atoms with Crippen LogP contribution in [0.4, 0.5) is 0 Å². The lowest BCUT2D eigenvalue weighted by Gasteiger charge is -2.19. The van der Waals surface area contributed by atoms with E-state index in [9.17, 15) is 0 Å². The zero-order valence-corrected chi connectivity index (χ0v) is 12.2. The number of hydrogen-bond acceptors (Lipinski definition) is 3. The van der Waals surface area contributed by atoms with Crippen LogP contribution in [0.25, 0.3) is 0 Å². The quantitative estimate of drug-likeness (QED) is 0.820. The van der Waals surface area contributed by atoms with Gasteiger partial charge in [-0.3, -0.25) is 0 Å². The van der Waals surface area contributed by atoms with Gasteiger partial charge in [0.25, 0.3) is 0 Å². The molecule has 1 N–H and O–H groups in total. The standard InChI is InChI=1S/C16H25NO2/c1-4-5-14(11-18-3)17-10-15-9-13-8-12(2)6-7-16(13)19-15/h6-8,14-15,17H,4-5,9-11H2,1-3H3. The molecule has 0 radical (unpaired) electrons. The largest absolute Gasteiger partial charge is 0.488 e. The molecule has 3 nitrogen and oxygen atoms in total. The van der Waals surface area contributed by atoms with Crippen LogP contribution in [-0.2, 0) is 11.2 Å². The smallest absolute Gasteiger partial charge is 0.123 e. The van der Waals surface area contributed by atoms with Crippen LogP contribution in [0.1, 0.15) is 30.9 Å². The molecule has 2 atom stereocenters. The Morgan fingerprint density at radius 3 is 3.05 bits per heavy atom. The number of rotatable bonds is 7. The summed E-state index contributed by atoms with van der Waals surface area (Å²) in [6.07, 6.45) is 3.59. The highest BCUT2D eigenvalue weighted by Gasteiger charge is 2.23. The molecule has 0 saturated carbocycles. The Kier molecular flexibility index (Phi) is 5.23. The lowest BCUT2D eigenvalue weighted by molar-refractivity contribution is 0.150. The fraction of sp³-hybridized carbons (Fsp3) is 0.625. The predicted molar refractivity (Wildman–Crippen MR) is 77.9 cm³/mol. The van der Waals surface area contributed by atoms with Gasteiger partial charge in [0.2, 0.25) is 0 Å². The highest BCUT2D eigenvalue weighted by molar-refractivity contribution is 5.40. The van der Waals surface area contributed by atoms with Crippen molar-refractivity contribution in [3.63, 3.8) is 0 Å². The molecule has 1 aromatic carbocycles. The van der Waals surface area contributed by atoms with Gasteiger partial charge < -0.3 is 14.8 Å². The highest BCUT2D eigenvalue weighted by Crippen LogP contribution is 2.29. The van der Waals surface area contributed by atoms with E-state index in [2.05, 4.69) is 37.4 Å². The van der Waals surface area contributed by atoms with E-state index in [1.165, 1.54) is 17.5 Å². The van der Waals surface area contributed by atoms with Crippen molar-refractivity contribution in [1.82, 2.24) is 5.32 Å². The first-order chi connectivity index (χ1) is 9.22. The van der Waals surface area contributed by atoms with Gasteiger partial charge in [0.15, 0.2) is 0 Å². The molecule has 0 aliphatic carbocycles. The van der Waals surface area contributed by atoms with Crippen LogP contribution in [0.3, 0.4) is 0 Å². The van der Waals surface area contributed by atoms with Crippen LogP contribution in [0.15, 0.2) is 18.2 Å². The molecule has 106 valence electrons. The Balaban J connectivity index is 1.82. The third-order valence-corrected chi connectivity index (χ3v) is 3.60. The van der Waals surface area contributed by atoms with Crippen molar-refractivity contribution in [3.05, 3.63) is 29.3 Å². The second-order valence-corrected chi connectivity index (χ2v) is 5.40. The van der Waals surface area contributed by atoms with E-state index in [-0.39, 0.29) is 6.10 Å². The molecule has 0 amide bonds. The average molecular weight is 263 g/mol. The summed E-state index contributed by atoms with van der Waals surface area (Å²) in [6, 6.07) is 6.86. The zero-order chi connectivity index (χ0) is 13.7. The summed E-state index contributed by atoms with van der Waals surface area (Å²) in [5.74, 6) is 1.05. The molecule has 1 aliphatic rings. The maximum Gasteiger partial charge on any atom is 0.123 e. The lowest BCUT2D eigenvalue weighted by atomic mass is 10.1. The molecule has 2 rings (SSSR count). The molecular formula is C16H25NO2. The Labute approximate surface area is 116 Å². The number of ether oxygens (including phenoxy) is 2. The molecule has 1 heterocycles. The van der Waals surface area contributed by atoms with Gasteiger partial charge in [0.05, 0.1) is 6.61 Å². The predicted octanol–water partition coefficient (Wildman–Crippen LogP) is 2.70. The van der Waals surface area contributed by atoms with Crippen molar-refractivity contribution in [2.75, 3.05) is 20.3 Å². The van der Waals surface area contributed by atoms with E-state index in [4.69, 9.17) is 9.47 Å². The summed E-state index contributed by atoms with van der Waals surface area (Å²) >= 11 is 0. The highest BCUT2D eigenvalue weighted by atomic mass is 16.5. The molecule has 3 heteroatoms. The minimum Gasteiger partial charge on any atom is -0.488 e. The molecule has 0 spiro atoms. The van der Waals surface area contributed by atoms with Gasteiger partial charge >= 0.3 is 0 Å². The summed E-state index contributed by atoms with van der Waals surface area (Å²) in [5.41, 5.74) is 2.64. The van der Waals surface area contributed by atoms with Crippen molar-refractivity contribution in [1.29, 1.82) is 0 Å². The summed E-state index contributed by atoms with van der Waals surface area (Å²) in [6.45, 7) is 5.99. The third-order valence-electron chi connectivity index (χ3n) is 3.60. The maximum absolute atomic E-state index is 5.97. The zero-order valence-electron chi connectivity index (χ0n) is 12.2. The molecule has 0 bridgehead atoms. The van der Waals surface area contributed by atoms with Crippen LogP contribution < -0.4 is 10.1 Å². The minimum absolute atomic E-state index is 0.257. The van der Waals surface area contributed by atoms with Gasteiger partial charge in [-0.05, 0) is 25.0 Å². The topological polar surface area (TPSA) is 30.5 Å². The molecule has 0 fully saturated rings. The first kappa shape index (κ1) is 14.4. The normalized spacial score (nSPS) is 19.0. The van der Waals surface area contributed by atoms with Gasteiger partial charge in [0.1, 0.15) is 11.9 Å². The van der Waals surface area contributed by atoms with Gasteiger partial charge in [-0.25, -0.2) is 0 Å². The number of benzene rings is 1. The van der Waals surface area contributed by atoms with Crippen LogP contribution >= 0.6 is 0 Å². The average Bonchev–Trinajstić information content (AvgIpc) is 2.78. The number of methoxy groups -OCH3 is 1. The van der Waals surface area contributed by atoms with Crippen molar-refractivity contribution in [2.45, 2.75) is 45.3 Å². The Morgan fingerprint density at radius 2 is 2.32 bits per heavy atom. The van der Waals surface area contributed by atoms with E-state index < -0.39 is 0 Å². The molecular weight excluding hydrogens is 238 g/mol. The van der Waals surface area contributed by atoms with E-state index in [0.717, 1.165) is 31.7 Å². The van der Waals surface area contributed by atoms with E-state index >= 15 is 0 Å². The number of fused-ring (bicyclic) bond motifs is 1. The molecule has 2 unspecified atom stereocenters. The number of hydrogen-bond donors (Lipinski definition) is 1. The van der Waals surface area contributed by atoms with Crippen molar-refractivity contribution >= 4 is 0 Å². The lowest BCUT2D eigenvalue weighted by Crippen LogP contribution is -2.39. The molecule has 19 heavy (non-hydrogen) atoms. The molecule has 0 saturated heterocycles. The third kappa shape index (κ3) is 3.95. The molecule has 1 aliphatic heterocycles. The second-order valence-electron chi connectivity index (χ2n) is 5.40. The van der Waals surface area contributed by atoms with Crippen LogP contribution in [-0.4, -0.2) is 32.4 Å². The van der Waals surface area contributed by atoms with Crippen molar-refractivity contribution in [2.24, 2.45) is 0 Å². The SMILES string of the molecule is CCCC(COC)NCC1Cc2cc(C)ccc2O1. The van der Waals surface area contributed by atoms with Gasteiger partial charge in [-0.15, -0.1) is 0 Å². The van der Waals surface area contributed by atoms with Gasteiger partial charge in [-0.2, -0.15) is 0 Å². The summed E-state index contributed by atoms with van der Waals surface area (Å²) in [4.78, 5) is 0. The maximum atomic E-state index is 5.97. The molecule has 1 aromatic rings. The van der Waals surface area contributed by atoms with Gasteiger partial charge in [0, 0.05) is 26.1 Å². The second kappa shape index (κ2) is 6.92. The Morgan fingerprint density at radius 1 is 1.47 bits per heavy atom. The summed E-state index contributed by atoms with van der Waals surface area (Å²) < 4.78 is 11.2. The van der Waals surface area contributed by atoms with Crippen LogP contribution in [0.2, 0.25) is 0 Å². The number of aryl methyl sites for hydroxylation is 1. The first-order valence-corrected chi connectivity index (χ1v) is 7.21. The first-order valence-electron chi connectivity index (χ1n) is 7.21. The monoisotopic (exact) mass is 263 g/mol. The summed E-state index contributed by atoms with van der Waals surface area (Å²) in [5, 5.41) is 3.56. The van der Waals surface area contributed by atoms with E-state index in [1.54, 1.807) is 7.11 Å². The Bertz CT molecular complexity index is 400. The summed E-state index contributed by atoms with van der Waals surface area (Å²) in [7, 11) is 1.76. The van der Waals surface area contributed by atoms with Crippen molar-refractivity contribution < 1.29 is 9.47 Å². The molecule has 0 aromatic heterocycles. The van der Waals surface area contributed by atoms with Crippen molar-refractivity contribution in [3.8, 4) is 5.75 Å². The van der Waals surface area contributed by atoms with E-state index in [0.29, 0.717) is 6.04 Å². The fourth-order valence-electron chi connectivity index (χ4n) is 2.66. The fourth-order valence-corrected chi connectivity index (χ4v) is 2.66. The Hall–Kier alpha value is -1.06.